The highest BCUT2D eigenvalue weighted by molar-refractivity contribution is 7.89. The number of sulfonamides is 1. The van der Waals surface area contributed by atoms with Crippen LogP contribution in [0.1, 0.15) is 11.5 Å². The van der Waals surface area contributed by atoms with Crippen LogP contribution in [-0.2, 0) is 16.4 Å². The minimum atomic E-state index is -3.54. The van der Waals surface area contributed by atoms with Gasteiger partial charge in [-0.1, -0.05) is 22.8 Å². The number of rotatable bonds is 5. The lowest BCUT2D eigenvalue weighted by Gasteiger charge is -2.05. The largest absolute Gasteiger partial charge is 0.361 e. The fraction of sp³-hybridized carbons (Fsp3) is 0.250. The molecule has 0 fully saturated rings. The number of hydrogen-bond donors (Lipinski definition) is 1. The maximum absolute atomic E-state index is 12.0. The summed E-state index contributed by atoms with van der Waals surface area (Å²) in [6, 6.07) is 7.89. The van der Waals surface area contributed by atoms with E-state index in [0.29, 0.717) is 22.9 Å². The molecule has 5 nitrogen and oxygen atoms in total. The number of aryl methyl sites for hydroxylation is 1. The molecule has 102 valence electrons. The van der Waals surface area contributed by atoms with Gasteiger partial charge in [0.2, 0.25) is 10.0 Å². The summed E-state index contributed by atoms with van der Waals surface area (Å²) < 4.78 is 31.3. The Kier molecular flexibility index (Phi) is 4.24. The molecule has 0 radical (unpaired) electrons. The number of halogens is 1. The van der Waals surface area contributed by atoms with E-state index in [-0.39, 0.29) is 11.4 Å². The highest BCUT2D eigenvalue weighted by Crippen LogP contribution is 2.15. The molecule has 7 heteroatoms. The first-order valence-electron chi connectivity index (χ1n) is 5.65. The van der Waals surface area contributed by atoms with E-state index < -0.39 is 10.0 Å². The molecule has 2 rings (SSSR count). The number of aromatic nitrogens is 1. The van der Waals surface area contributed by atoms with Gasteiger partial charge in [-0.05, 0) is 25.1 Å². The molecule has 0 saturated carbocycles. The molecule has 0 amide bonds. The van der Waals surface area contributed by atoms with Crippen molar-refractivity contribution in [2.75, 3.05) is 6.54 Å². The van der Waals surface area contributed by atoms with E-state index in [1.165, 1.54) is 12.1 Å². The van der Waals surface area contributed by atoms with Gasteiger partial charge in [0, 0.05) is 24.1 Å². The second-order valence-corrected chi connectivity index (χ2v) is 6.24. The maximum Gasteiger partial charge on any atom is 0.240 e. The van der Waals surface area contributed by atoms with Gasteiger partial charge in [0.05, 0.1) is 10.6 Å². The van der Waals surface area contributed by atoms with E-state index in [2.05, 4.69) is 9.88 Å². The molecule has 19 heavy (non-hydrogen) atoms. The topological polar surface area (TPSA) is 72.2 Å². The van der Waals surface area contributed by atoms with Gasteiger partial charge in [-0.25, -0.2) is 13.1 Å². The van der Waals surface area contributed by atoms with Crippen molar-refractivity contribution in [1.82, 2.24) is 9.88 Å². The quantitative estimate of drug-likeness (QED) is 0.918. The van der Waals surface area contributed by atoms with E-state index >= 15 is 0 Å². The highest BCUT2D eigenvalue weighted by Gasteiger charge is 2.13. The lowest BCUT2D eigenvalue weighted by molar-refractivity contribution is 0.390. The molecule has 1 N–H and O–H groups in total. The van der Waals surface area contributed by atoms with E-state index in [9.17, 15) is 8.42 Å². The average molecular weight is 301 g/mol. The smallest absolute Gasteiger partial charge is 0.240 e. The first-order chi connectivity index (χ1) is 8.97. The third-order valence-electron chi connectivity index (χ3n) is 2.46. The standard InChI is InChI=1S/C12H13ClN2O3S/c1-9-7-11(15-18-9)5-6-14-19(16,17)12-4-2-3-10(13)8-12/h2-4,7-8,14H,5-6H2,1H3. The molecule has 1 aromatic carbocycles. The molecule has 0 aliphatic carbocycles. The first kappa shape index (κ1) is 14.0. The van der Waals surface area contributed by atoms with Gasteiger partial charge < -0.3 is 4.52 Å². The second-order valence-electron chi connectivity index (χ2n) is 4.03. The van der Waals surface area contributed by atoms with Crippen LogP contribution in [0.2, 0.25) is 5.02 Å². The monoisotopic (exact) mass is 300 g/mol. The molecule has 1 aromatic heterocycles. The van der Waals surface area contributed by atoms with Crippen molar-refractivity contribution in [1.29, 1.82) is 0 Å². The van der Waals surface area contributed by atoms with Crippen molar-refractivity contribution in [3.8, 4) is 0 Å². The van der Waals surface area contributed by atoms with Crippen LogP contribution < -0.4 is 4.72 Å². The molecular formula is C12H13ClN2O3S. The lowest BCUT2D eigenvalue weighted by Crippen LogP contribution is -2.26. The van der Waals surface area contributed by atoms with Gasteiger partial charge in [0.15, 0.2) is 0 Å². The lowest BCUT2D eigenvalue weighted by atomic mass is 10.3. The molecule has 0 bridgehead atoms. The van der Waals surface area contributed by atoms with Gasteiger partial charge in [-0.2, -0.15) is 0 Å². The Morgan fingerprint density at radius 3 is 2.79 bits per heavy atom. The third-order valence-corrected chi connectivity index (χ3v) is 4.15. The van der Waals surface area contributed by atoms with Crippen molar-refractivity contribution in [2.24, 2.45) is 0 Å². The van der Waals surface area contributed by atoms with Crippen molar-refractivity contribution >= 4 is 21.6 Å². The summed E-state index contributed by atoms with van der Waals surface area (Å²) in [6.45, 7) is 2.04. The molecule has 0 saturated heterocycles. The van der Waals surface area contributed by atoms with E-state index in [0.717, 1.165) is 0 Å². The molecular weight excluding hydrogens is 288 g/mol. The average Bonchev–Trinajstić information content (AvgIpc) is 2.75. The van der Waals surface area contributed by atoms with Gasteiger partial charge in [-0.15, -0.1) is 0 Å². The molecule has 0 atom stereocenters. The summed E-state index contributed by atoms with van der Waals surface area (Å²) in [5, 5.41) is 4.18. The summed E-state index contributed by atoms with van der Waals surface area (Å²) in [5.41, 5.74) is 0.714. The fourth-order valence-corrected chi connectivity index (χ4v) is 2.90. The zero-order chi connectivity index (χ0) is 13.9. The Morgan fingerprint density at radius 2 is 2.16 bits per heavy atom. The Hall–Kier alpha value is -1.37. The SMILES string of the molecule is Cc1cc(CCNS(=O)(=O)c2cccc(Cl)c2)no1. The molecule has 0 aliphatic rings. The van der Waals surface area contributed by atoms with E-state index in [1.807, 2.05) is 0 Å². The van der Waals surface area contributed by atoms with Crippen LogP contribution in [0.4, 0.5) is 0 Å². The number of benzene rings is 1. The van der Waals surface area contributed by atoms with Crippen molar-refractivity contribution in [3.63, 3.8) is 0 Å². The Labute approximate surface area is 116 Å². The van der Waals surface area contributed by atoms with Gasteiger partial charge >= 0.3 is 0 Å². The molecule has 1 heterocycles. The normalized spacial score (nSPS) is 11.7. The summed E-state index contributed by atoms with van der Waals surface area (Å²) >= 11 is 5.77. The van der Waals surface area contributed by atoms with Crippen LogP contribution >= 0.6 is 11.6 Å². The van der Waals surface area contributed by atoms with Crippen LogP contribution in [0.3, 0.4) is 0 Å². The van der Waals surface area contributed by atoms with Crippen molar-refractivity contribution in [2.45, 2.75) is 18.2 Å². The van der Waals surface area contributed by atoms with Gasteiger partial charge in [-0.3, -0.25) is 0 Å². The molecule has 2 aromatic rings. The zero-order valence-corrected chi connectivity index (χ0v) is 11.8. The fourth-order valence-electron chi connectivity index (χ4n) is 1.57. The van der Waals surface area contributed by atoms with Crippen LogP contribution in [0.25, 0.3) is 0 Å². The maximum atomic E-state index is 12.0. The summed E-state index contributed by atoms with van der Waals surface area (Å²) in [7, 11) is -3.54. The first-order valence-corrected chi connectivity index (χ1v) is 7.51. The summed E-state index contributed by atoms with van der Waals surface area (Å²) in [4.78, 5) is 0.149. The van der Waals surface area contributed by atoms with Crippen LogP contribution in [0, 0.1) is 6.92 Å². The summed E-state index contributed by atoms with van der Waals surface area (Å²) in [5.74, 6) is 0.702. The molecule has 0 unspecified atom stereocenters. The zero-order valence-electron chi connectivity index (χ0n) is 10.3. The molecule has 0 spiro atoms. The minimum absolute atomic E-state index is 0.149. The number of nitrogens with one attached hydrogen (secondary N) is 1. The van der Waals surface area contributed by atoms with Crippen LogP contribution in [0.5, 0.6) is 0 Å². The Bertz CT molecular complexity index is 667. The van der Waals surface area contributed by atoms with Crippen LogP contribution in [-0.4, -0.2) is 20.1 Å². The Morgan fingerprint density at radius 1 is 1.37 bits per heavy atom. The Balaban J connectivity index is 1.98. The van der Waals surface area contributed by atoms with Crippen molar-refractivity contribution < 1.29 is 12.9 Å². The van der Waals surface area contributed by atoms with E-state index in [4.69, 9.17) is 16.1 Å². The second kappa shape index (κ2) is 5.73. The predicted molar refractivity (Wildman–Crippen MR) is 71.6 cm³/mol. The summed E-state index contributed by atoms with van der Waals surface area (Å²) in [6.07, 6.45) is 0.469. The number of nitrogens with zero attached hydrogens (tertiary/aromatic N) is 1. The van der Waals surface area contributed by atoms with Crippen molar-refractivity contribution in [3.05, 3.63) is 46.8 Å². The van der Waals surface area contributed by atoms with Crippen LogP contribution in [0.15, 0.2) is 39.8 Å². The van der Waals surface area contributed by atoms with Gasteiger partial charge in [0.25, 0.3) is 0 Å². The van der Waals surface area contributed by atoms with E-state index in [1.54, 1.807) is 25.1 Å². The predicted octanol–water partition coefficient (Wildman–Crippen LogP) is 2.16. The highest BCUT2D eigenvalue weighted by atomic mass is 35.5. The van der Waals surface area contributed by atoms with Gasteiger partial charge in [0.1, 0.15) is 5.76 Å². The minimum Gasteiger partial charge on any atom is -0.361 e. The number of hydrogen-bond acceptors (Lipinski definition) is 4. The molecule has 0 aliphatic heterocycles. The third kappa shape index (κ3) is 3.79.